The summed E-state index contributed by atoms with van der Waals surface area (Å²) in [6.07, 6.45) is 3.39. The molecule has 1 heterocycles. The molecular weight excluding hydrogens is 318 g/mol. The van der Waals surface area contributed by atoms with Gasteiger partial charge in [0.25, 0.3) is 0 Å². The number of hydrogen-bond donors (Lipinski definition) is 0. The second kappa shape index (κ2) is 5.49. The van der Waals surface area contributed by atoms with E-state index in [0.717, 1.165) is 18.8 Å². The van der Waals surface area contributed by atoms with Crippen molar-refractivity contribution in [1.29, 1.82) is 0 Å². The third kappa shape index (κ3) is 2.39. The molecule has 0 aromatic heterocycles. The first kappa shape index (κ1) is 16.9. The molecule has 130 valence electrons. The monoisotopic (exact) mass is 346 g/mol. The second-order valence-electron chi connectivity index (χ2n) is 8.99. The Kier molecular flexibility index (Phi) is 3.88. The Morgan fingerprint density at radius 1 is 1.25 bits per heavy atom. The van der Waals surface area contributed by atoms with E-state index in [-0.39, 0.29) is 24.1 Å². The number of rotatable bonds is 3. The minimum atomic E-state index is -0.294. The highest BCUT2D eigenvalue weighted by Crippen LogP contribution is 2.65. The molecule has 0 spiro atoms. The summed E-state index contributed by atoms with van der Waals surface area (Å²) in [5.74, 6) is 1.36. The molecule has 0 radical (unpaired) electrons. The van der Waals surface area contributed by atoms with E-state index in [4.69, 9.17) is 20.9 Å². The summed E-state index contributed by atoms with van der Waals surface area (Å²) in [5, 5.41) is -0.144. The highest BCUT2D eigenvalue weighted by molar-refractivity contribution is 6.60. The molecule has 1 aliphatic heterocycles. The molecule has 1 saturated heterocycles. The molecule has 0 N–H and O–H groups in total. The van der Waals surface area contributed by atoms with Crippen LogP contribution in [0.15, 0.2) is 18.2 Å². The highest BCUT2D eigenvalue weighted by Gasteiger charge is 2.68. The van der Waals surface area contributed by atoms with E-state index in [0.29, 0.717) is 11.3 Å². The maximum absolute atomic E-state index is 6.74. The maximum Gasteiger partial charge on any atom is 0.477 e. The van der Waals surface area contributed by atoms with Crippen LogP contribution in [0.2, 0.25) is 0 Å². The van der Waals surface area contributed by atoms with Gasteiger partial charge >= 0.3 is 7.12 Å². The van der Waals surface area contributed by atoms with Crippen LogP contribution in [0.1, 0.15) is 50.3 Å². The van der Waals surface area contributed by atoms with Gasteiger partial charge < -0.3 is 9.31 Å². The van der Waals surface area contributed by atoms with E-state index in [2.05, 4.69) is 52.8 Å². The average Bonchev–Trinajstić information content (AvgIpc) is 2.86. The van der Waals surface area contributed by atoms with Crippen molar-refractivity contribution in [3.8, 4) is 0 Å². The van der Waals surface area contributed by atoms with Crippen molar-refractivity contribution in [2.75, 3.05) is 0 Å². The first-order valence-electron chi connectivity index (χ1n) is 9.25. The Bertz CT molecular complexity index is 661. The normalized spacial score (nSPS) is 37.8. The van der Waals surface area contributed by atoms with E-state index in [9.17, 15) is 0 Å². The minimum absolute atomic E-state index is 0.144. The van der Waals surface area contributed by atoms with Crippen LogP contribution < -0.4 is 0 Å². The zero-order chi connectivity index (χ0) is 17.3. The molecule has 5 atom stereocenters. The molecule has 24 heavy (non-hydrogen) atoms. The van der Waals surface area contributed by atoms with Gasteiger partial charge in [0.2, 0.25) is 0 Å². The number of aryl methyl sites for hydroxylation is 2. The van der Waals surface area contributed by atoms with Crippen LogP contribution in [0.3, 0.4) is 0 Å². The third-order valence-electron chi connectivity index (χ3n) is 7.18. The molecule has 2 bridgehead atoms. The number of halogens is 1. The van der Waals surface area contributed by atoms with Crippen molar-refractivity contribution in [2.24, 2.45) is 17.3 Å². The first-order valence-corrected chi connectivity index (χ1v) is 9.69. The van der Waals surface area contributed by atoms with Crippen LogP contribution >= 0.6 is 11.6 Å². The van der Waals surface area contributed by atoms with Gasteiger partial charge in [0.05, 0.1) is 17.0 Å². The predicted octanol–water partition coefficient (Wildman–Crippen LogP) is 4.72. The summed E-state index contributed by atoms with van der Waals surface area (Å²) in [6, 6.07) is 6.55. The predicted molar refractivity (Wildman–Crippen MR) is 99.4 cm³/mol. The van der Waals surface area contributed by atoms with Crippen LogP contribution in [-0.2, 0) is 15.7 Å². The molecule has 1 unspecified atom stereocenters. The molecule has 3 saturated carbocycles. The zero-order valence-corrected chi connectivity index (χ0v) is 16.2. The van der Waals surface area contributed by atoms with E-state index >= 15 is 0 Å². The minimum Gasteiger partial charge on any atom is -0.404 e. The van der Waals surface area contributed by atoms with Crippen LogP contribution in [0.25, 0.3) is 0 Å². The Labute approximate surface area is 151 Å². The third-order valence-corrected chi connectivity index (χ3v) is 7.54. The van der Waals surface area contributed by atoms with Gasteiger partial charge in [0.1, 0.15) is 0 Å². The Morgan fingerprint density at radius 2 is 2.00 bits per heavy atom. The van der Waals surface area contributed by atoms with Gasteiger partial charge in [-0.25, -0.2) is 0 Å². The summed E-state index contributed by atoms with van der Waals surface area (Å²) in [4.78, 5) is 0. The largest absolute Gasteiger partial charge is 0.477 e. The molecule has 1 aromatic carbocycles. The molecule has 4 aliphatic rings. The fraction of sp³-hybridized carbons (Fsp3) is 0.700. The van der Waals surface area contributed by atoms with Gasteiger partial charge in [0, 0.05) is 0 Å². The van der Waals surface area contributed by atoms with Gasteiger partial charge in [-0.15, -0.1) is 11.6 Å². The standard InChI is InChI=1S/C20H28BClO2/c1-12-6-7-14(13(2)8-12)9-18(22)21-23-17-11-15-10-16(19(15,3)4)20(17,5)24-21/h6-8,15-18H,9-11H2,1-5H3/t15-,16-,17+,18?,20-/m0/s1. The van der Waals surface area contributed by atoms with Crippen molar-refractivity contribution >= 4 is 18.7 Å². The smallest absolute Gasteiger partial charge is 0.404 e. The van der Waals surface area contributed by atoms with E-state index in [1.807, 2.05) is 0 Å². The lowest BCUT2D eigenvalue weighted by Crippen LogP contribution is -2.65. The molecule has 5 rings (SSSR count). The van der Waals surface area contributed by atoms with E-state index in [1.54, 1.807) is 0 Å². The lowest BCUT2D eigenvalue weighted by atomic mass is 9.43. The van der Waals surface area contributed by atoms with Gasteiger partial charge in [0.15, 0.2) is 0 Å². The van der Waals surface area contributed by atoms with Gasteiger partial charge in [-0.05, 0) is 68.4 Å². The molecular formula is C20H28BClO2. The number of hydrogen-bond acceptors (Lipinski definition) is 2. The Morgan fingerprint density at radius 3 is 2.67 bits per heavy atom. The van der Waals surface area contributed by atoms with E-state index in [1.165, 1.54) is 23.1 Å². The van der Waals surface area contributed by atoms with Gasteiger partial charge in [-0.3, -0.25) is 0 Å². The number of alkyl halides is 1. The molecule has 1 aromatic rings. The van der Waals surface area contributed by atoms with Crippen molar-refractivity contribution in [3.05, 3.63) is 34.9 Å². The van der Waals surface area contributed by atoms with Crippen LogP contribution in [0.5, 0.6) is 0 Å². The molecule has 3 aliphatic carbocycles. The maximum atomic E-state index is 6.74. The van der Waals surface area contributed by atoms with Crippen molar-refractivity contribution in [3.63, 3.8) is 0 Å². The van der Waals surface area contributed by atoms with Crippen LogP contribution in [0, 0.1) is 31.1 Å². The topological polar surface area (TPSA) is 18.5 Å². The lowest BCUT2D eigenvalue weighted by molar-refractivity contribution is -0.199. The molecule has 0 amide bonds. The summed E-state index contributed by atoms with van der Waals surface area (Å²) < 4.78 is 12.8. The van der Waals surface area contributed by atoms with Crippen LogP contribution in [0.4, 0.5) is 0 Å². The lowest BCUT2D eigenvalue weighted by Gasteiger charge is -2.64. The van der Waals surface area contributed by atoms with Crippen molar-refractivity contribution in [2.45, 2.75) is 70.9 Å². The summed E-state index contributed by atoms with van der Waals surface area (Å²) >= 11 is 6.74. The second-order valence-corrected chi connectivity index (χ2v) is 9.55. The SMILES string of the molecule is Cc1ccc(CC(Cl)B2O[C@@H]3C[C@@H]4C[C@@H](C4(C)C)[C@]3(C)O2)c(C)c1. The molecule has 2 nitrogen and oxygen atoms in total. The molecule has 4 fully saturated rings. The molecule has 4 heteroatoms. The van der Waals surface area contributed by atoms with E-state index < -0.39 is 0 Å². The summed E-state index contributed by atoms with van der Waals surface area (Å²) in [5.41, 5.74) is 4.08. The van der Waals surface area contributed by atoms with Crippen molar-refractivity contribution < 1.29 is 9.31 Å². The van der Waals surface area contributed by atoms with Gasteiger partial charge in [-0.2, -0.15) is 0 Å². The zero-order valence-electron chi connectivity index (χ0n) is 15.4. The van der Waals surface area contributed by atoms with Crippen molar-refractivity contribution in [1.82, 2.24) is 0 Å². The average molecular weight is 347 g/mol. The Hall–Kier alpha value is -0.505. The fourth-order valence-corrected chi connectivity index (χ4v) is 5.71. The number of benzene rings is 1. The fourth-order valence-electron chi connectivity index (χ4n) is 5.43. The summed E-state index contributed by atoms with van der Waals surface area (Å²) in [6.45, 7) is 11.3. The Balaban J connectivity index is 1.48. The van der Waals surface area contributed by atoms with Gasteiger partial charge in [-0.1, -0.05) is 37.6 Å². The highest BCUT2D eigenvalue weighted by atomic mass is 35.5. The first-order chi connectivity index (χ1) is 11.2. The van der Waals surface area contributed by atoms with Crippen LogP contribution in [-0.4, -0.2) is 24.1 Å². The quantitative estimate of drug-likeness (QED) is 0.582. The summed E-state index contributed by atoms with van der Waals surface area (Å²) in [7, 11) is -0.294.